The second-order valence-corrected chi connectivity index (χ2v) is 11.3. The highest BCUT2D eigenvalue weighted by molar-refractivity contribution is 7.91. The molecule has 0 bridgehead atoms. The summed E-state index contributed by atoms with van der Waals surface area (Å²) < 4.78 is 58.4. The van der Waals surface area contributed by atoms with Crippen molar-refractivity contribution in [1.29, 1.82) is 0 Å². The van der Waals surface area contributed by atoms with E-state index in [1.807, 2.05) is 27.7 Å². The maximum Gasteiger partial charge on any atom is 0.495 e. The van der Waals surface area contributed by atoms with Crippen molar-refractivity contribution in [2.24, 2.45) is 5.92 Å². The fraction of sp³-hybridized carbons (Fsp3) is 0.667. The van der Waals surface area contributed by atoms with E-state index in [1.54, 1.807) is 6.92 Å². The number of halogens is 1. The molecule has 1 aromatic carbocycles. The predicted molar refractivity (Wildman–Crippen MR) is 113 cm³/mol. The molecule has 0 aliphatic carbocycles. The third kappa shape index (κ3) is 4.57. The van der Waals surface area contributed by atoms with E-state index in [2.05, 4.69) is 4.85 Å². The van der Waals surface area contributed by atoms with Gasteiger partial charge in [-0.15, -0.1) is 0 Å². The second kappa shape index (κ2) is 8.23. The predicted octanol–water partition coefficient (Wildman–Crippen LogP) is 2.92. The Hall–Kier alpha value is -1.47. The molecular weight excluding hydrogens is 408 g/mol. The van der Waals surface area contributed by atoms with Crippen molar-refractivity contribution < 1.29 is 26.9 Å². The monoisotopic (exact) mass is 437 g/mol. The van der Waals surface area contributed by atoms with Crippen LogP contribution in [0.25, 0.3) is 4.85 Å². The molecule has 2 aliphatic heterocycles. The minimum atomic E-state index is -3.73. The highest BCUT2D eigenvalue weighted by Crippen LogP contribution is 2.37. The van der Waals surface area contributed by atoms with Gasteiger partial charge in [-0.3, -0.25) is 0 Å². The Morgan fingerprint density at radius 1 is 1.20 bits per heavy atom. The Bertz CT molecular complexity index is 933. The van der Waals surface area contributed by atoms with E-state index < -0.39 is 34.0 Å². The third-order valence-electron chi connectivity index (χ3n) is 6.44. The average molecular weight is 437 g/mol. The van der Waals surface area contributed by atoms with Crippen molar-refractivity contribution >= 4 is 22.4 Å². The fourth-order valence-corrected chi connectivity index (χ4v) is 5.38. The van der Waals surface area contributed by atoms with Gasteiger partial charge < -0.3 is 18.9 Å². The summed E-state index contributed by atoms with van der Waals surface area (Å²) in [5, 5.41) is 0. The maximum atomic E-state index is 14.7. The van der Waals surface area contributed by atoms with E-state index in [4.69, 9.17) is 20.6 Å². The molecule has 30 heavy (non-hydrogen) atoms. The van der Waals surface area contributed by atoms with Gasteiger partial charge in [-0.1, -0.05) is 0 Å². The number of hydrogen-bond acceptors (Lipinski definition) is 5. The second-order valence-electron chi connectivity index (χ2n) is 9.23. The Morgan fingerprint density at radius 2 is 1.83 bits per heavy atom. The molecule has 0 saturated carbocycles. The van der Waals surface area contributed by atoms with Gasteiger partial charge in [0.25, 0.3) is 0 Å². The van der Waals surface area contributed by atoms with Crippen LogP contribution in [-0.4, -0.2) is 51.7 Å². The molecule has 9 heteroatoms. The molecule has 2 fully saturated rings. The normalized spacial score (nSPS) is 25.8. The summed E-state index contributed by atoms with van der Waals surface area (Å²) in [5.74, 6) is -0.900. The minimum Gasteiger partial charge on any atom is -0.399 e. The van der Waals surface area contributed by atoms with Crippen LogP contribution in [0.3, 0.4) is 0 Å². The number of hydrogen-bond donors (Lipinski definition) is 0. The van der Waals surface area contributed by atoms with Gasteiger partial charge in [-0.25, -0.2) is 19.4 Å². The van der Waals surface area contributed by atoms with Crippen LogP contribution in [0.4, 0.5) is 4.39 Å². The van der Waals surface area contributed by atoms with Gasteiger partial charge in [0.2, 0.25) is 6.54 Å². The molecule has 2 aliphatic rings. The Morgan fingerprint density at radius 3 is 2.37 bits per heavy atom. The summed E-state index contributed by atoms with van der Waals surface area (Å²) in [6.07, 6.45) is 1.19. The maximum absolute atomic E-state index is 14.7. The van der Waals surface area contributed by atoms with Gasteiger partial charge in [0.1, 0.15) is 11.9 Å². The first-order valence-corrected chi connectivity index (χ1v) is 11.8. The average Bonchev–Trinajstić information content (AvgIpc) is 2.86. The Balaban J connectivity index is 1.82. The first-order valence-electron chi connectivity index (χ1n) is 10.2. The summed E-state index contributed by atoms with van der Waals surface area (Å²) in [6, 6.07) is 2.55. The third-order valence-corrected chi connectivity index (χ3v) is 8.30. The minimum absolute atomic E-state index is 0.0707. The molecule has 0 amide bonds. The summed E-state index contributed by atoms with van der Waals surface area (Å²) >= 11 is 0. The topological polar surface area (TPSA) is 66.2 Å². The lowest BCUT2D eigenvalue weighted by atomic mass is 9.76. The van der Waals surface area contributed by atoms with E-state index in [1.165, 1.54) is 6.07 Å². The fourth-order valence-electron chi connectivity index (χ4n) is 3.71. The van der Waals surface area contributed by atoms with Gasteiger partial charge in [0.05, 0.1) is 28.5 Å². The van der Waals surface area contributed by atoms with E-state index in [9.17, 15) is 12.8 Å². The van der Waals surface area contributed by atoms with Crippen LogP contribution in [0.1, 0.15) is 46.1 Å². The van der Waals surface area contributed by atoms with E-state index >= 15 is 0 Å². The lowest BCUT2D eigenvalue weighted by Gasteiger charge is -2.32. The zero-order valence-electron chi connectivity index (χ0n) is 18.2. The molecule has 0 radical (unpaired) electrons. The highest BCUT2D eigenvalue weighted by atomic mass is 32.2. The smallest absolute Gasteiger partial charge is 0.399 e. The van der Waals surface area contributed by atoms with E-state index in [0.29, 0.717) is 30.4 Å². The van der Waals surface area contributed by atoms with Crippen LogP contribution < -0.4 is 5.46 Å². The lowest BCUT2D eigenvalue weighted by Crippen LogP contribution is -2.41. The van der Waals surface area contributed by atoms with Crippen LogP contribution >= 0.6 is 0 Å². The molecule has 6 nitrogen and oxygen atoms in total. The van der Waals surface area contributed by atoms with E-state index in [0.717, 1.165) is 6.07 Å². The molecule has 2 saturated heterocycles. The van der Waals surface area contributed by atoms with E-state index in [-0.39, 0.29) is 29.3 Å². The SMILES string of the molecule is [C-]#[N+]C[C@H]1CC[C@H](CS(=O)(=O)c2cc(F)c(C)c(B3OC(C)(C)C(C)(C)O3)c2)CO1. The molecule has 2 heterocycles. The molecule has 3 rings (SSSR count). The summed E-state index contributed by atoms with van der Waals surface area (Å²) in [6.45, 7) is 16.7. The number of rotatable bonds is 5. The van der Waals surface area contributed by atoms with Crippen molar-refractivity contribution in [3.63, 3.8) is 0 Å². The number of ether oxygens (including phenoxy) is 1. The summed E-state index contributed by atoms with van der Waals surface area (Å²) in [7, 11) is -4.57. The molecule has 0 unspecified atom stereocenters. The Labute approximate surface area is 179 Å². The number of benzene rings is 1. The highest BCUT2D eigenvalue weighted by Gasteiger charge is 2.52. The van der Waals surface area contributed by atoms with Gasteiger partial charge in [-0.2, -0.15) is 0 Å². The molecule has 0 N–H and O–H groups in total. The van der Waals surface area contributed by atoms with Crippen molar-refractivity contribution in [1.82, 2.24) is 0 Å². The zero-order chi connectivity index (χ0) is 22.3. The van der Waals surface area contributed by atoms with Crippen molar-refractivity contribution in [2.45, 2.75) is 69.7 Å². The van der Waals surface area contributed by atoms with Crippen molar-refractivity contribution in [3.8, 4) is 0 Å². The molecular formula is C21H29BFNO5S. The van der Waals surface area contributed by atoms with Gasteiger partial charge in [0, 0.05) is 0 Å². The van der Waals surface area contributed by atoms with Crippen LogP contribution in [0.15, 0.2) is 17.0 Å². The summed E-state index contributed by atoms with van der Waals surface area (Å²) in [5.41, 5.74) is -0.521. The Kier molecular flexibility index (Phi) is 6.37. The summed E-state index contributed by atoms with van der Waals surface area (Å²) in [4.78, 5) is 3.26. The van der Waals surface area contributed by atoms with Crippen molar-refractivity contribution in [2.75, 3.05) is 18.9 Å². The number of sulfone groups is 1. The van der Waals surface area contributed by atoms with Crippen LogP contribution in [0.5, 0.6) is 0 Å². The van der Waals surface area contributed by atoms with Crippen molar-refractivity contribution in [3.05, 3.63) is 34.9 Å². The first-order chi connectivity index (χ1) is 13.9. The van der Waals surface area contributed by atoms with Gasteiger partial charge >= 0.3 is 7.12 Å². The molecule has 0 aromatic heterocycles. The molecule has 0 spiro atoms. The van der Waals surface area contributed by atoms with Crippen LogP contribution in [-0.2, 0) is 23.9 Å². The van der Waals surface area contributed by atoms with Gasteiger partial charge in [-0.05, 0) is 76.5 Å². The quantitative estimate of drug-likeness (QED) is 0.524. The zero-order valence-corrected chi connectivity index (χ0v) is 19.0. The van der Waals surface area contributed by atoms with Crippen LogP contribution in [0.2, 0.25) is 0 Å². The first kappa shape index (κ1) is 23.2. The standard InChI is InChI=1S/C21H29BFNO5S/c1-14-18(22-28-20(2,3)21(4,5)29-22)9-17(10-19(14)23)30(25,26)13-15-7-8-16(11-24-6)27-12-15/h9-10,15-16H,7-8,11-13H2,1-5H3/t15-,16+/m0/s1. The van der Waals surface area contributed by atoms with Crippen LogP contribution in [0, 0.1) is 25.2 Å². The molecule has 1 aromatic rings. The van der Waals surface area contributed by atoms with Gasteiger partial charge in [0.15, 0.2) is 9.84 Å². The molecule has 2 atom stereocenters. The molecule has 164 valence electrons. The largest absolute Gasteiger partial charge is 0.495 e. The number of nitrogens with zero attached hydrogens (tertiary/aromatic N) is 1. The lowest BCUT2D eigenvalue weighted by molar-refractivity contribution is -0.000428.